The molecule has 0 radical (unpaired) electrons. The number of benzene rings is 2. The average Bonchev–Trinajstić information content (AvgIpc) is 2.70. The third-order valence-electron chi connectivity index (χ3n) is 3.85. The molecule has 8 nitrogen and oxygen atoms in total. The number of hydrogen-bond acceptors (Lipinski definition) is 6. The van der Waals surface area contributed by atoms with Crippen molar-refractivity contribution in [2.24, 2.45) is 5.10 Å². The molecule has 0 aliphatic rings. The molecule has 2 N–H and O–H groups in total. The Morgan fingerprint density at radius 3 is 2.79 bits per heavy atom. The van der Waals surface area contributed by atoms with Crippen LogP contribution < -0.4 is 20.2 Å². The largest absolute Gasteiger partial charge is 0.496 e. The summed E-state index contributed by atoms with van der Waals surface area (Å²) in [7, 11) is 1.58. The quantitative estimate of drug-likeness (QED) is 0.213. The molecule has 2 rings (SSSR count). The van der Waals surface area contributed by atoms with Crippen LogP contribution in [0.1, 0.15) is 16.7 Å². The molecule has 0 bridgehead atoms. The topological polar surface area (TPSA) is 98.0 Å². The molecule has 0 aromatic heterocycles. The Morgan fingerprint density at radius 2 is 2.14 bits per heavy atom. The van der Waals surface area contributed by atoms with Crippen LogP contribution in [0.15, 0.2) is 54.2 Å². The van der Waals surface area contributed by atoms with E-state index in [2.05, 4.69) is 22.4 Å². The van der Waals surface area contributed by atoms with Gasteiger partial charge in [0, 0.05) is 23.7 Å². The number of ether oxygens (including phenoxy) is 2. The van der Waals surface area contributed by atoms with E-state index in [1.165, 1.54) is 6.07 Å². The highest BCUT2D eigenvalue weighted by atomic mass is 32.1. The van der Waals surface area contributed by atoms with Crippen LogP contribution in [0.5, 0.6) is 11.5 Å². The summed E-state index contributed by atoms with van der Waals surface area (Å²) in [6.07, 6.45) is 3.32. The Kier molecular flexibility index (Phi) is 8.11. The van der Waals surface area contributed by atoms with Gasteiger partial charge in [0.1, 0.15) is 18.1 Å². The number of hydrogen-bond donors (Lipinski definition) is 2. The van der Waals surface area contributed by atoms with Gasteiger partial charge in [0.2, 0.25) is 0 Å². The maximum absolute atomic E-state index is 10.9. The van der Waals surface area contributed by atoms with Gasteiger partial charge in [-0.15, -0.1) is 6.58 Å². The normalized spacial score (nSPS) is 10.4. The van der Waals surface area contributed by atoms with Gasteiger partial charge >= 0.3 is 0 Å². The van der Waals surface area contributed by atoms with Gasteiger partial charge < -0.3 is 14.8 Å². The van der Waals surface area contributed by atoms with E-state index in [9.17, 15) is 10.1 Å². The second-order valence-corrected chi connectivity index (χ2v) is 6.34. The third kappa shape index (κ3) is 6.58. The molecule has 2 aromatic carbocycles. The Morgan fingerprint density at radius 1 is 1.34 bits per heavy atom. The van der Waals surface area contributed by atoms with Crippen molar-refractivity contribution in [2.45, 2.75) is 13.5 Å². The van der Waals surface area contributed by atoms with E-state index < -0.39 is 4.92 Å². The van der Waals surface area contributed by atoms with Crippen LogP contribution in [-0.4, -0.2) is 29.9 Å². The monoisotopic (exact) mass is 414 g/mol. The molecule has 0 aliphatic heterocycles. The van der Waals surface area contributed by atoms with Gasteiger partial charge in [-0.3, -0.25) is 15.5 Å². The molecule has 29 heavy (non-hydrogen) atoms. The van der Waals surface area contributed by atoms with Crippen molar-refractivity contribution in [1.29, 1.82) is 0 Å². The molecule has 0 heterocycles. The maximum atomic E-state index is 10.9. The highest BCUT2D eigenvalue weighted by Gasteiger charge is 2.11. The molecule has 0 fully saturated rings. The van der Waals surface area contributed by atoms with E-state index in [1.807, 2.05) is 18.2 Å². The highest BCUT2D eigenvalue weighted by molar-refractivity contribution is 7.80. The number of nitrogens with one attached hydrogen (secondary N) is 2. The van der Waals surface area contributed by atoms with Crippen molar-refractivity contribution >= 4 is 29.2 Å². The first-order valence-corrected chi connectivity index (χ1v) is 9.08. The number of hydrazone groups is 1. The molecule has 0 amide bonds. The number of nitro groups is 1. The van der Waals surface area contributed by atoms with E-state index in [4.69, 9.17) is 21.7 Å². The van der Waals surface area contributed by atoms with Gasteiger partial charge in [-0.05, 0) is 55.0 Å². The SMILES string of the molecule is C=CCNC(=S)N/N=C/c1ccc(OC)c(COc2ccc([N+](=O)[O-])c(C)c2)c1. The zero-order valence-corrected chi connectivity index (χ0v) is 17.0. The number of nitro benzene ring substituents is 1. The van der Waals surface area contributed by atoms with Crippen molar-refractivity contribution in [3.8, 4) is 11.5 Å². The summed E-state index contributed by atoms with van der Waals surface area (Å²) in [5.74, 6) is 1.20. The van der Waals surface area contributed by atoms with Crippen LogP contribution in [0.25, 0.3) is 0 Å². The minimum Gasteiger partial charge on any atom is -0.496 e. The first-order chi connectivity index (χ1) is 13.9. The number of rotatable bonds is 9. The maximum Gasteiger partial charge on any atom is 0.272 e. The fourth-order valence-corrected chi connectivity index (χ4v) is 2.58. The molecule has 0 aliphatic carbocycles. The van der Waals surface area contributed by atoms with Crippen molar-refractivity contribution in [3.63, 3.8) is 0 Å². The third-order valence-corrected chi connectivity index (χ3v) is 4.09. The lowest BCUT2D eigenvalue weighted by molar-refractivity contribution is -0.385. The van der Waals surface area contributed by atoms with E-state index >= 15 is 0 Å². The molecule has 0 atom stereocenters. The molecule has 0 spiro atoms. The summed E-state index contributed by atoms with van der Waals surface area (Å²) in [5, 5.41) is 18.3. The lowest BCUT2D eigenvalue weighted by Gasteiger charge is -2.12. The molecular weight excluding hydrogens is 392 g/mol. The lowest BCUT2D eigenvalue weighted by atomic mass is 10.1. The lowest BCUT2D eigenvalue weighted by Crippen LogP contribution is -2.31. The molecular formula is C20H22N4O4S. The number of nitrogens with zero attached hydrogens (tertiary/aromatic N) is 2. The number of methoxy groups -OCH3 is 1. The summed E-state index contributed by atoms with van der Waals surface area (Å²) in [4.78, 5) is 10.5. The van der Waals surface area contributed by atoms with Crippen LogP contribution in [-0.2, 0) is 6.61 Å². The molecule has 9 heteroatoms. The van der Waals surface area contributed by atoms with Gasteiger partial charge in [-0.2, -0.15) is 5.10 Å². The molecule has 0 saturated carbocycles. The zero-order chi connectivity index (χ0) is 21.2. The van der Waals surface area contributed by atoms with Gasteiger partial charge in [0.25, 0.3) is 5.69 Å². The average molecular weight is 414 g/mol. The van der Waals surface area contributed by atoms with E-state index in [-0.39, 0.29) is 12.3 Å². The fraction of sp³-hybridized carbons (Fsp3) is 0.200. The molecule has 152 valence electrons. The molecule has 0 unspecified atom stereocenters. The molecule has 2 aromatic rings. The van der Waals surface area contributed by atoms with E-state index in [1.54, 1.807) is 38.5 Å². The Bertz CT molecular complexity index is 931. The summed E-state index contributed by atoms with van der Waals surface area (Å²) in [6.45, 7) is 6.05. The van der Waals surface area contributed by atoms with Crippen molar-refractivity contribution in [1.82, 2.24) is 10.7 Å². The van der Waals surface area contributed by atoms with Crippen LogP contribution in [0, 0.1) is 17.0 Å². The molecule has 0 saturated heterocycles. The van der Waals surface area contributed by atoms with Gasteiger partial charge in [-0.1, -0.05) is 6.08 Å². The van der Waals surface area contributed by atoms with Crippen LogP contribution in [0.3, 0.4) is 0 Å². The smallest absolute Gasteiger partial charge is 0.272 e. The number of thiocarbonyl (C=S) groups is 1. The number of aryl methyl sites for hydroxylation is 1. The Labute approximate surface area is 174 Å². The fourth-order valence-electron chi connectivity index (χ4n) is 2.45. The Balaban J connectivity index is 2.07. The van der Waals surface area contributed by atoms with Crippen molar-refractivity contribution in [3.05, 3.63) is 75.9 Å². The first-order valence-electron chi connectivity index (χ1n) is 8.67. The van der Waals surface area contributed by atoms with Crippen molar-refractivity contribution < 1.29 is 14.4 Å². The summed E-state index contributed by atoms with van der Waals surface area (Å²) in [5.41, 5.74) is 4.94. The summed E-state index contributed by atoms with van der Waals surface area (Å²) >= 11 is 5.07. The predicted molar refractivity (Wildman–Crippen MR) is 117 cm³/mol. The van der Waals surface area contributed by atoms with E-state index in [0.717, 1.165) is 11.1 Å². The Hall–Kier alpha value is -3.46. The van der Waals surface area contributed by atoms with E-state index in [0.29, 0.717) is 28.7 Å². The second-order valence-electron chi connectivity index (χ2n) is 5.93. The van der Waals surface area contributed by atoms with Crippen LogP contribution >= 0.6 is 12.2 Å². The minimum absolute atomic E-state index is 0.0566. The summed E-state index contributed by atoms with van der Waals surface area (Å²) in [6, 6.07) is 10.2. The minimum atomic E-state index is -0.419. The van der Waals surface area contributed by atoms with Crippen LogP contribution in [0.4, 0.5) is 5.69 Å². The van der Waals surface area contributed by atoms with Gasteiger partial charge in [-0.25, -0.2) is 0 Å². The summed E-state index contributed by atoms with van der Waals surface area (Å²) < 4.78 is 11.2. The standard InChI is InChI=1S/C20H22N4O4S/c1-4-9-21-20(29)23-22-12-15-5-8-19(27-3)16(11-15)13-28-17-6-7-18(24(25)26)14(2)10-17/h4-8,10-12H,1,9,13H2,2-3H3,(H2,21,23,29)/b22-12+. The van der Waals surface area contributed by atoms with Crippen molar-refractivity contribution in [2.75, 3.05) is 13.7 Å². The second kappa shape index (κ2) is 10.8. The first kappa shape index (κ1) is 21.8. The highest BCUT2D eigenvalue weighted by Crippen LogP contribution is 2.25. The predicted octanol–water partition coefficient (Wildman–Crippen LogP) is 3.47. The van der Waals surface area contributed by atoms with Gasteiger partial charge in [0.15, 0.2) is 5.11 Å². The van der Waals surface area contributed by atoms with Gasteiger partial charge in [0.05, 0.1) is 18.2 Å². The van der Waals surface area contributed by atoms with Crippen LogP contribution in [0.2, 0.25) is 0 Å². The zero-order valence-electron chi connectivity index (χ0n) is 16.2.